The van der Waals surface area contributed by atoms with Crippen molar-refractivity contribution in [1.82, 2.24) is 5.01 Å². The summed E-state index contributed by atoms with van der Waals surface area (Å²) in [6, 6.07) is 11.0. The number of rotatable bonds is 5. The molecule has 2 aromatic rings. The zero-order valence-electron chi connectivity index (χ0n) is 15.2. The molecule has 2 heterocycles. The van der Waals surface area contributed by atoms with Crippen LogP contribution in [0.5, 0.6) is 17.2 Å². The van der Waals surface area contributed by atoms with Crippen LogP contribution in [0, 0.1) is 0 Å². The van der Waals surface area contributed by atoms with Gasteiger partial charge in [-0.15, -0.1) is 0 Å². The molecule has 5 nitrogen and oxygen atoms in total. The van der Waals surface area contributed by atoms with Gasteiger partial charge in [0, 0.05) is 29.0 Å². The highest BCUT2D eigenvalue weighted by Crippen LogP contribution is 2.48. The van der Waals surface area contributed by atoms with Crippen molar-refractivity contribution in [3.05, 3.63) is 52.5 Å². The lowest BCUT2D eigenvalue weighted by atomic mass is 9.95. The molecule has 2 aromatic carbocycles. The second-order valence-electron chi connectivity index (χ2n) is 6.54. The normalized spacial score (nSPS) is 20.6. The van der Waals surface area contributed by atoms with E-state index in [2.05, 4.69) is 12.3 Å². The van der Waals surface area contributed by atoms with Crippen LogP contribution in [0.4, 0.5) is 0 Å². The molecule has 0 bridgehead atoms. The molecule has 0 aliphatic carbocycles. The Bertz CT molecular complexity index is 890. The first-order chi connectivity index (χ1) is 13.1. The van der Waals surface area contributed by atoms with Crippen molar-refractivity contribution in [3.63, 3.8) is 0 Å². The Morgan fingerprint density at radius 1 is 1.37 bits per heavy atom. The predicted octanol–water partition coefficient (Wildman–Crippen LogP) is 4.68. The number of thioether (sulfide) groups is 1. The number of ether oxygens (including phenoxy) is 2. The molecule has 2 aliphatic rings. The molecule has 0 amide bonds. The van der Waals surface area contributed by atoms with Gasteiger partial charge in [-0.05, 0) is 36.3 Å². The number of aromatic hydroxyl groups is 1. The number of hydrogen-bond acceptors (Lipinski definition) is 6. The van der Waals surface area contributed by atoms with Crippen LogP contribution < -0.4 is 9.47 Å². The molecule has 1 N–H and O–H groups in total. The van der Waals surface area contributed by atoms with E-state index in [1.54, 1.807) is 37.1 Å². The summed E-state index contributed by atoms with van der Waals surface area (Å²) in [5.74, 6) is 2.68. The first kappa shape index (κ1) is 18.3. The summed E-state index contributed by atoms with van der Waals surface area (Å²) in [4.78, 5) is 0. The maximum atomic E-state index is 10.3. The summed E-state index contributed by atoms with van der Waals surface area (Å²) in [5, 5.41) is 17.7. The van der Waals surface area contributed by atoms with E-state index in [9.17, 15) is 5.11 Å². The van der Waals surface area contributed by atoms with Gasteiger partial charge >= 0.3 is 0 Å². The zero-order valence-corrected chi connectivity index (χ0v) is 16.8. The number of hydrogen-bond donors (Lipinski definition) is 1. The van der Waals surface area contributed by atoms with E-state index in [1.165, 1.54) is 0 Å². The predicted molar refractivity (Wildman–Crippen MR) is 109 cm³/mol. The average Bonchev–Trinajstić information content (AvgIpc) is 3.13. The fourth-order valence-corrected chi connectivity index (χ4v) is 4.24. The van der Waals surface area contributed by atoms with Gasteiger partial charge in [0.05, 0.1) is 18.9 Å². The maximum Gasteiger partial charge on any atom is 0.188 e. The van der Waals surface area contributed by atoms with Gasteiger partial charge in [0.15, 0.2) is 17.7 Å². The fourth-order valence-electron chi connectivity index (χ4n) is 3.63. The Morgan fingerprint density at radius 2 is 2.22 bits per heavy atom. The number of para-hydroxylation sites is 1. The van der Waals surface area contributed by atoms with Crippen LogP contribution in [-0.4, -0.2) is 41.2 Å². The summed E-state index contributed by atoms with van der Waals surface area (Å²) in [6.45, 7) is 0. The summed E-state index contributed by atoms with van der Waals surface area (Å²) in [6.07, 6.45) is 3.42. The van der Waals surface area contributed by atoms with Gasteiger partial charge in [-0.25, -0.2) is 0 Å². The van der Waals surface area contributed by atoms with E-state index in [0.717, 1.165) is 34.9 Å². The number of methoxy groups -OCH3 is 1. The van der Waals surface area contributed by atoms with Gasteiger partial charge < -0.3 is 14.6 Å². The minimum absolute atomic E-state index is 0.0455. The van der Waals surface area contributed by atoms with Crippen molar-refractivity contribution in [3.8, 4) is 17.2 Å². The monoisotopic (exact) mass is 404 g/mol. The third-order valence-corrected chi connectivity index (χ3v) is 5.80. The van der Waals surface area contributed by atoms with Crippen LogP contribution in [0.25, 0.3) is 0 Å². The summed E-state index contributed by atoms with van der Waals surface area (Å²) >= 11 is 7.92. The highest BCUT2D eigenvalue weighted by Gasteiger charge is 2.41. The minimum atomic E-state index is -0.176. The van der Waals surface area contributed by atoms with E-state index in [4.69, 9.17) is 26.2 Å². The van der Waals surface area contributed by atoms with Crippen molar-refractivity contribution in [2.24, 2.45) is 5.10 Å². The van der Waals surface area contributed by atoms with E-state index in [0.29, 0.717) is 17.0 Å². The van der Waals surface area contributed by atoms with Crippen molar-refractivity contribution >= 4 is 29.1 Å². The second-order valence-corrected chi connectivity index (χ2v) is 7.96. The zero-order chi connectivity index (χ0) is 19.0. The molecule has 2 aliphatic heterocycles. The summed E-state index contributed by atoms with van der Waals surface area (Å²) < 4.78 is 11.8. The standard InChI is InChI=1S/C20H21ClN2O3S/c1-25-18-5-3-4-13-16-11-15(14-10-12(21)6-7-17(14)24)22-23(16)19(8-9-27-2)26-20(13)18/h3-7,10,16,19,24H,8-9,11H2,1-2H3/t16-,19-/m1/s1. The molecule has 0 radical (unpaired) electrons. The van der Waals surface area contributed by atoms with E-state index < -0.39 is 0 Å². The molecule has 0 saturated heterocycles. The van der Waals surface area contributed by atoms with Crippen molar-refractivity contribution in [2.45, 2.75) is 25.1 Å². The van der Waals surface area contributed by atoms with Crippen molar-refractivity contribution < 1.29 is 14.6 Å². The summed E-state index contributed by atoms with van der Waals surface area (Å²) in [7, 11) is 1.66. The van der Waals surface area contributed by atoms with Crippen LogP contribution in [0.15, 0.2) is 41.5 Å². The van der Waals surface area contributed by atoms with E-state index in [1.807, 2.05) is 17.1 Å². The molecule has 0 aromatic heterocycles. The lowest BCUT2D eigenvalue weighted by Gasteiger charge is -2.38. The minimum Gasteiger partial charge on any atom is -0.507 e. The molecule has 0 unspecified atom stereocenters. The highest BCUT2D eigenvalue weighted by molar-refractivity contribution is 7.98. The van der Waals surface area contributed by atoms with Crippen molar-refractivity contribution in [1.29, 1.82) is 0 Å². The Kier molecular flexibility index (Phi) is 5.10. The lowest BCUT2D eigenvalue weighted by Crippen LogP contribution is -2.40. The second kappa shape index (κ2) is 7.52. The SMILES string of the molecule is COc1cccc2c1O[C@H](CCSC)N1N=C(c3cc(Cl)ccc3O)C[C@H]21. The van der Waals surface area contributed by atoms with Gasteiger partial charge in [0.2, 0.25) is 0 Å². The number of nitrogens with zero attached hydrogens (tertiary/aromatic N) is 2. The van der Waals surface area contributed by atoms with Gasteiger partial charge in [0.1, 0.15) is 5.75 Å². The Hall–Kier alpha value is -2.05. The Morgan fingerprint density at radius 3 is 3.00 bits per heavy atom. The van der Waals surface area contributed by atoms with Crippen LogP contribution in [0.3, 0.4) is 0 Å². The first-order valence-electron chi connectivity index (χ1n) is 8.79. The smallest absolute Gasteiger partial charge is 0.188 e. The molecule has 4 rings (SSSR count). The largest absolute Gasteiger partial charge is 0.507 e. The molecule has 142 valence electrons. The van der Waals surface area contributed by atoms with Crippen LogP contribution in [0.1, 0.15) is 30.0 Å². The molecule has 7 heteroatoms. The van der Waals surface area contributed by atoms with Crippen LogP contribution >= 0.6 is 23.4 Å². The quantitative estimate of drug-likeness (QED) is 0.784. The molecular formula is C20H21ClN2O3S. The number of hydrazone groups is 1. The van der Waals surface area contributed by atoms with Crippen molar-refractivity contribution in [2.75, 3.05) is 19.1 Å². The average molecular weight is 405 g/mol. The van der Waals surface area contributed by atoms with E-state index >= 15 is 0 Å². The van der Waals surface area contributed by atoms with E-state index in [-0.39, 0.29) is 18.0 Å². The number of fused-ring (bicyclic) bond motifs is 3. The van der Waals surface area contributed by atoms with Gasteiger partial charge in [-0.3, -0.25) is 5.01 Å². The third kappa shape index (κ3) is 3.32. The number of benzene rings is 2. The van der Waals surface area contributed by atoms with Gasteiger partial charge in [0.25, 0.3) is 0 Å². The molecule has 0 fully saturated rings. The molecular weight excluding hydrogens is 384 g/mol. The number of halogens is 1. The number of phenols is 1. The Labute approximate surface area is 167 Å². The molecule has 0 saturated carbocycles. The third-order valence-electron chi connectivity index (χ3n) is 4.92. The highest BCUT2D eigenvalue weighted by atomic mass is 35.5. The topological polar surface area (TPSA) is 54.3 Å². The fraction of sp³-hybridized carbons (Fsp3) is 0.350. The van der Waals surface area contributed by atoms with Crippen LogP contribution in [0.2, 0.25) is 5.02 Å². The number of phenolic OH excluding ortho intramolecular Hbond substituents is 1. The van der Waals surface area contributed by atoms with Crippen LogP contribution in [-0.2, 0) is 0 Å². The molecule has 2 atom stereocenters. The van der Waals surface area contributed by atoms with Gasteiger partial charge in [-0.1, -0.05) is 23.7 Å². The maximum absolute atomic E-state index is 10.3. The first-order valence-corrected chi connectivity index (χ1v) is 10.6. The van der Waals surface area contributed by atoms with Gasteiger partial charge in [-0.2, -0.15) is 16.9 Å². The lowest BCUT2D eigenvalue weighted by molar-refractivity contribution is -0.0198. The molecule has 27 heavy (non-hydrogen) atoms. The Balaban J connectivity index is 1.75. The molecule has 0 spiro atoms. The summed E-state index contributed by atoms with van der Waals surface area (Å²) in [5.41, 5.74) is 2.54.